The third kappa shape index (κ3) is 4.13. The fourth-order valence-electron chi connectivity index (χ4n) is 2.70. The van der Waals surface area contributed by atoms with Gasteiger partial charge in [0, 0.05) is 11.3 Å². The average molecular weight is 427 g/mol. The Bertz CT molecular complexity index is 1180. The van der Waals surface area contributed by atoms with Gasteiger partial charge < -0.3 is 5.32 Å². The molecule has 4 aromatic rings. The number of anilines is 1. The van der Waals surface area contributed by atoms with Gasteiger partial charge in [-0.15, -0.1) is 5.10 Å². The minimum atomic E-state index is -0.474. The number of nitrogens with zero attached hydrogens (tertiary/aromatic N) is 3. The number of hydrogen-bond donors (Lipinski definition) is 1. The molecule has 1 heterocycles. The van der Waals surface area contributed by atoms with E-state index in [4.69, 9.17) is 23.2 Å². The number of hydrogen-bond acceptors (Lipinski definition) is 3. The molecule has 0 radical (unpaired) electrons. The number of benzene rings is 3. The molecule has 29 heavy (non-hydrogen) atoms. The highest BCUT2D eigenvalue weighted by molar-refractivity contribution is 6.42. The molecule has 0 aliphatic heterocycles. The molecule has 0 aliphatic carbocycles. The summed E-state index contributed by atoms with van der Waals surface area (Å²) in [5, 5.41) is 7.81. The van der Waals surface area contributed by atoms with Crippen LogP contribution < -0.4 is 5.32 Å². The van der Waals surface area contributed by atoms with Gasteiger partial charge >= 0.3 is 0 Å². The lowest BCUT2D eigenvalue weighted by Crippen LogP contribution is -2.14. The molecule has 1 aromatic heterocycles. The van der Waals surface area contributed by atoms with Gasteiger partial charge in [-0.3, -0.25) is 4.79 Å². The fourth-order valence-corrected chi connectivity index (χ4v) is 2.99. The molecule has 0 saturated heterocycles. The maximum Gasteiger partial charge on any atom is 0.295 e. The number of amides is 1. The Morgan fingerprint density at radius 3 is 2.34 bits per heavy atom. The third-order valence-corrected chi connectivity index (χ3v) is 4.83. The van der Waals surface area contributed by atoms with E-state index >= 15 is 0 Å². The van der Waals surface area contributed by atoms with Crippen molar-refractivity contribution in [2.45, 2.75) is 0 Å². The van der Waals surface area contributed by atoms with Crippen LogP contribution in [0.25, 0.3) is 17.1 Å². The summed E-state index contributed by atoms with van der Waals surface area (Å²) in [6, 6.07) is 19.7. The van der Waals surface area contributed by atoms with E-state index in [-0.39, 0.29) is 11.6 Å². The molecule has 1 amide bonds. The lowest BCUT2D eigenvalue weighted by Gasteiger charge is -2.07. The molecule has 144 valence electrons. The smallest absolute Gasteiger partial charge is 0.295 e. The molecule has 0 unspecified atom stereocenters. The summed E-state index contributed by atoms with van der Waals surface area (Å²) in [5.41, 5.74) is 1.76. The summed E-state index contributed by atoms with van der Waals surface area (Å²) in [5.74, 6) is -0.532. The van der Waals surface area contributed by atoms with E-state index in [1.807, 2.05) is 6.07 Å². The van der Waals surface area contributed by atoms with Crippen LogP contribution in [-0.2, 0) is 0 Å². The summed E-state index contributed by atoms with van der Waals surface area (Å²) in [7, 11) is 0. The molecule has 0 atom stereocenters. The largest absolute Gasteiger partial charge is 0.319 e. The van der Waals surface area contributed by atoms with Crippen molar-refractivity contribution in [1.29, 1.82) is 0 Å². The SMILES string of the molecule is O=C(Nc1ccccc1)c1nc(-c2ccc(F)cc2)n(-c2ccc(Cl)c(Cl)c2)n1. The number of para-hydroxylation sites is 1. The van der Waals surface area contributed by atoms with Crippen molar-refractivity contribution in [2.24, 2.45) is 0 Å². The highest BCUT2D eigenvalue weighted by atomic mass is 35.5. The Kier molecular flexibility index (Phi) is 5.29. The van der Waals surface area contributed by atoms with Crippen molar-refractivity contribution in [3.8, 4) is 17.1 Å². The second kappa shape index (κ2) is 8.03. The number of rotatable bonds is 4. The lowest BCUT2D eigenvalue weighted by molar-refractivity contribution is 0.101. The summed E-state index contributed by atoms with van der Waals surface area (Å²) >= 11 is 12.1. The van der Waals surface area contributed by atoms with Crippen LogP contribution in [0.5, 0.6) is 0 Å². The summed E-state index contributed by atoms with van der Waals surface area (Å²) in [6.45, 7) is 0. The predicted octanol–water partition coefficient (Wildman–Crippen LogP) is 5.63. The Morgan fingerprint density at radius 2 is 1.66 bits per heavy atom. The second-order valence-electron chi connectivity index (χ2n) is 6.10. The molecule has 0 saturated carbocycles. The number of nitrogens with one attached hydrogen (secondary N) is 1. The molecule has 0 fully saturated rings. The summed E-state index contributed by atoms with van der Waals surface area (Å²) < 4.78 is 14.8. The number of carbonyl (C=O) groups is 1. The van der Waals surface area contributed by atoms with Gasteiger partial charge in [-0.05, 0) is 54.6 Å². The van der Waals surface area contributed by atoms with E-state index in [9.17, 15) is 9.18 Å². The standard InChI is InChI=1S/C21H13Cl2FN4O/c22-17-11-10-16(12-18(17)23)28-20(13-6-8-14(24)9-7-13)26-19(27-28)21(29)25-15-4-2-1-3-5-15/h1-12H,(H,25,29). The number of halogens is 3. The Morgan fingerprint density at radius 1 is 0.931 bits per heavy atom. The van der Waals surface area contributed by atoms with Crippen LogP contribution in [0.3, 0.4) is 0 Å². The van der Waals surface area contributed by atoms with Gasteiger partial charge in [0.25, 0.3) is 5.91 Å². The van der Waals surface area contributed by atoms with Gasteiger partial charge in [-0.1, -0.05) is 41.4 Å². The molecule has 0 spiro atoms. The van der Waals surface area contributed by atoms with E-state index in [2.05, 4.69) is 15.4 Å². The first-order chi connectivity index (χ1) is 14.0. The normalized spacial score (nSPS) is 10.7. The van der Waals surface area contributed by atoms with Crippen LogP contribution in [0.2, 0.25) is 10.0 Å². The van der Waals surface area contributed by atoms with E-state index in [0.29, 0.717) is 32.8 Å². The quantitative estimate of drug-likeness (QED) is 0.459. The highest BCUT2D eigenvalue weighted by Gasteiger charge is 2.19. The minimum absolute atomic E-state index is 0.0424. The van der Waals surface area contributed by atoms with E-state index in [0.717, 1.165) is 0 Å². The van der Waals surface area contributed by atoms with Gasteiger partial charge in [0.2, 0.25) is 5.82 Å². The zero-order valence-corrected chi connectivity index (χ0v) is 16.3. The Labute approximate surface area is 175 Å². The lowest BCUT2D eigenvalue weighted by atomic mass is 10.2. The monoisotopic (exact) mass is 426 g/mol. The Hall–Kier alpha value is -3.22. The number of aromatic nitrogens is 3. The maximum atomic E-state index is 13.4. The van der Waals surface area contributed by atoms with Gasteiger partial charge in [0.1, 0.15) is 5.82 Å². The first-order valence-corrected chi connectivity index (χ1v) is 9.32. The topological polar surface area (TPSA) is 59.8 Å². The van der Waals surface area contributed by atoms with Crippen molar-refractivity contribution in [3.63, 3.8) is 0 Å². The van der Waals surface area contributed by atoms with Crippen molar-refractivity contribution in [3.05, 3.63) is 94.5 Å². The molecular formula is C21H13Cl2FN4O. The first kappa shape index (κ1) is 19.1. The second-order valence-corrected chi connectivity index (χ2v) is 6.91. The maximum absolute atomic E-state index is 13.4. The van der Waals surface area contributed by atoms with Crippen LogP contribution in [-0.4, -0.2) is 20.7 Å². The van der Waals surface area contributed by atoms with Crippen molar-refractivity contribution < 1.29 is 9.18 Å². The van der Waals surface area contributed by atoms with E-state index < -0.39 is 5.91 Å². The highest BCUT2D eigenvalue weighted by Crippen LogP contribution is 2.27. The van der Waals surface area contributed by atoms with Gasteiger partial charge in [-0.25, -0.2) is 14.1 Å². The Balaban J connectivity index is 1.78. The average Bonchev–Trinajstić information content (AvgIpc) is 3.17. The van der Waals surface area contributed by atoms with Gasteiger partial charge in [0.15, 0.2) is 5.82 Å². The van der Waals surface area contributed by atoms with Gasteiger partial charge in [0.05, 0.1) is 15.7 Å². The number of carbonyl (C=O) groups excluding carboxylic acids is 1. The van der Waals surface area contributed by atoms with Gasteiger partial charge in [-0.2, -0.15) is 0 Å². The molecule has 3 aromatic carbocycles. The zero-order valence-electron chi connectivity index (χ0n) is 14.8. The minimum Gasteiger partial charge on any atom is -0.319 e. The summed E-state index contributed by atoms with van der Waals surface area (Å²) in [6.07, 6.45) is 0. The van der Waals surface area contributed by atoms with E-state index in [1.54, 1.807) is 54.6 Å². The molecule has 1 N–H and O–H groups in total. The van der Waals surface area contributed by atoms with Crippen molar-refractivity contribution in [1.82, 2.24) is 14.8 Å². The van der Waals surface area contributed by atoms with Crippen LogP contribution in [0.1, 0.15) is 10.6 Å². The molecule has 0 aliphatic rings. The van der Waals surface area contributed by atoms with Crippen LogP contribution >= 0.6 is 23.2 Å². The molecule has 4 rings (SSSR count). The summed E-state index contributed by atoms with van der Waals surface area (Å²) in [4.78, 5) is 17.0. The molecular weight excluding hydrogens is 414 g/mol. The zero-order chi connectivity index (χ0) is 20.4. The first-order valence-electron chi connectivity index (χ1n) is 8.56. The predicted molar refractivity (Wildman–Crippen MR) is 111 cm³/mol. The molecule has 5 nitrogen and oxygen atoms in total. The van der Waals surface area contributed by atoms with Crippen molar-refractivity contribution >= 4 is 34.8 Å². The third-order valence-electron chi connectivity index (χ3n) is 4.09. The van der Waals surface area contributed by atoms with E-state index in [1.165, 1.54) is 16.8 Å². The van der Waals surface area contributed by atoms with Crippen LogP contribution in [0.15, 0.2) is 72.8 Å². The van der Waals surface area contributed by atoms with Crippen LogP contribution in [0.4, 0.5) is 10.1 Å². The fraction of sp³-hybridized carbons (Fsp3) is 0. The van der Waals surface area contributed by atoms with Crippen molar-refractivity contribution in [2.75, 3.05) is 5.32 Å². The van der Waals surface area contributed by atoms with Crippen LogP contribution in [0, 0.1) is 5.82 Å². The molecule has 0 bridgehead atoms. The molecule has 8 heteroatoms.